The molecular weight excluding hydrogens is 166 g/mol. The lowest BCUT2D eigenvalue weighted by Crippen LogP contribution is -2.69. The average molecular weight is 183 g/mol. The number of urea groups is 1. The number of rotatable bonds is 0. The van der Waals surface area contributed by atoms with Crippen LogP contribution in [-0.2, 0) is 0 Å². The number of hydrogen-bond acceptors (Lipinski definition) is 2. The second kappa shape index (κ2) is 3.18. The van der Waals surface area contributed by atoms with Gasteiger partial charge in [-0.05, 0) is 25.8 Å². The third kappa shape index (κ3) is 1.29. The summed E-state index contributed by atoms with van der Waals surface area (Å²) in [6.07, 6.45) is 3.51. The molecule has 0 aromatic rings. The van der Waals surface area contributed by atoms with Crippen LogP contribution < -0.4 is 10.6 Å². The second-order valence-corrected chi connectivity index (χ2v) is 3.96. The maximum Gasteiger partial charge on any atom is 0.317 e. The van der Waals surface area contributed by atoms with Crippen molar-refractivity contribution in [1.82, 2.24) is 15.5 Å². The van der Waals surface area contributed by atoms with Crippen molar-refractivity contribution in [3.63, 3.8) is 0 Å². The van der Waals surface area contributed by atoms with Crippen LogP contribution in [0.2, 0.25) is 0 Å². The molecule has 2 aliphatic rings. The maximum absolute atomic E-state index is 11.5. The summed E-state index contributed by atoms with van der Waals surface area (Å²) in [6, 6.07) is 0.0787. The molecule has 2 rings (SSSR count). The zero-order valence-corrected chi connectivity index (χ0v) is 8.10. The number of amides is 2. The highest BCUT2D eigenvalue weighted by atomic mass is 16.2. The first-order valence-corrected chi connectivity index (χ1v) is 4.99. The van der Waals surface area contributed by atoms with E-state index >= 15 is 0 Å². The Balaban J connectivity index is 2.02. The van der Waals surface area contributed by atoms with Crippen LogP contribution >= 0.6 is 0 Å². The molecule has 0 aliphatic carbocycles. The summed E-state index contributed by atoms with van der Waals surface area (Å²) in [5.74, 6) is 0. The zero-order chi connectivity index (χ0) is 9.31. The van der Waals surface area contributed by atoms with Gasteiger partial charge in [0, 0.05) is 20.1 Å². The first kappa shape index (κ1) is 8.81. The molecule has 13 heavy (non-hydrogen) atoms. The molecule has 0 radical (unpaired) electrons. The summed E-state index contributed by atoms with van der Waals surface area (Å²) >= 11 is 0. The van der Waals surface area contributed by atoms with Gasteiger partial charge in [0.1, 0.15) is 0 Å². The minimum atomic E-state index is 0.0787. The average Bonchev–Trinajstić information content (AvgIpc) is 2.17. The Morgan fingerprint density at radius 2 is 2.38 bits per heavy atom. The number of carbonyl (C=O) groups excluding carboxylic acids is 1. The van der Waals surface area contributed by atoms with E-state index in [1.165, 1.54) is 6.42 Å². The number of piperidine rings is 1. The highest BCUT2D eigenvalue weighted by molar-refractivity contribution is 5.75. The van der Waals surface area contributed by atoms with Crippen LogP contribution in [0.5, 0.6) is 0 Å². The van der Waals surface area contributed by atoms with Gasteiger partial charge in [0.2, 0.25) is 0 Å². The summed E-state index contributed by atoms with van der Waals surface area (Å²) in [6.45, 7) is 2.99. The van der Waals surface area contributed by atoms with E-state index in [1.807, 2.05) is 4.90 Å². The van der Waals surface area contributed by atoms with Crippen molar-refractivity contribution in [3.8, 4) is 0 Å². The Morgan fingerprint density at radius 3 is 2.85 bits per heavy atom. The van der Waals surface area contributed by atoms with Crippen molar-refractivity contribution >= 4 is 6.03 Å². The van der Waals surface area contributed by atoms with Gasteiger partial charge in [-0.1, -0.05) is 0 Å². The minimum absolute atomic E-state index is 0.0787. The minimum Gasteiger partial charge on any atom is -0.341 e. The molecule has 1 unspecified atom stereocenters. The predicted molar refractivity (Wildman–Crippen MR) is 50.6 cm³/mol. The van der Waals surface area contributed by atoms with E-state index in [4.69, 9.17) is 0 Å². The van der Waals surface area contributed by atoms with Crippen molar-refractivity contribution in [2.45, 2.75) is 24.8 Å². The van der Waals surface area contributed by atoms with Gasteiger partial charge >= 0.3 is 6.03 Å². The molecule has 2 fully saturated rings. The third-order valence-electron chi connectivity index (χ3n) is 3.28. The summed E-state index contributed by atoms with van der Waals surface area (Å²) < 4.78 is 0. The smallest absolute Gasteiger partial charge is 0.317 e. The van der Waals surface area contributed by atoms with Crippen LogP contribution in [0, 0.1) is 0 Å². The number of carbonyl (C=O) groups is 1. The quantitative estimate of drug-likeness (QED) is 0.561. The van der Waals surface area contributed by atoms with Gasteiger partial charge in [-0.2, -0.15) is 0 Å². The molecule has 2 aliphatic heterocycles. The van der Waals surface area contributed by atoms with E-state index in [-0.39, 0.29) is 11.6 Å². The van der Waals surface area contributed by atoms with Gasteiger partial charge in [0.25, 0.3) is 0 Å². The molecule has 1 spiro atoms. The monoisotopic (exact) mass is 183 g/mol. The highest BCUT2D eigenvalue weighted by Gasteiger charge is 2.47. The Labute approximate surface area is 78.7 Å². The van der Waals surface area contributed by atoms with Gasteiger partial charge in [0.05, 0.1) is 5.54 Å². The fraction of sp³-hybridized carbons (Fsp3) is 0.889. The van der Waals surface area contributed by atoms with Crippen LogP contribution in [-0.4, -0.2) is 43.2 Å². The molecule has 74 valence electrons. The molecule has 0 aromatic carbocycles. The SMILES string of the molecule is CNC(=O)N1CCC12CCCNC2. The summed E-state index contributed by atoms with van der Waals surface area (Å²) in [4.78, 5) is 13.4. The standard InChI is InChI=1S/C9H17N3O/c1-10-8(13)12-6-4-9(12)3-2-5-11-7-9/h11H,2-7H2,1H3,(H,10,13). The summed E-state index contributed by atoms with van der Waals surface area (Å²) in [5.41, 5.74) is 0.151. The van der Waals surface area contributed by atoms with Crippen LogP contribution in [0.15, 0.2) is 0 Å². The van der Waals surface area contributed by atoms with E-state index in [9.17, 15) is 4.79 Å². The molecule has 2 heterocycles. The fourth-order valence-electron chi connectivity index (χ4n) is 2.39. The molecule has 0 aromatic heterocycles. The predicted octanol–water partition coefficient (Wildman–Crippen LogP) is 0.154. The molecule has 0 saturated carbocycles. The van der Waals surface area contributed by atoms with Crippen LogP contribution in [0.4, 0.5) is 4.79 Å². The fourth-order valence-corrected chi connectivity index (χ4v) is 2.39. The lowest BCUT2D eigenvalue weighted by molar-refractivity contribution is 0.00585. The normalized spacial score (nSPS) is 32.8. The molecule has 1 atom stereocenters. The maximum atomic E-state index is 11.5. The summed E-state index contributed by atoms with van der Waals surface area (Å²) in [5, 5.41) is 6.06. The topological polar surface area (TPSA) is 44.4 Å². The number of likely N-dealkylation sites (tertiary alicyclic amines) is 1. The van der Waals surface area contributed by atoms with E-state index in [0.717, 1.165) is 32.5 Å². The van der Waals surface area contributed by atoms with Crippen LogP contribution in [0.25, 0.3) is 0 Å². The molecule has 2 N–H and O–H groups in total. The second-order valence-electron chi connectivity index (χ2n) is 3.96. The van der Waals surface area contributed by atoms with Crippen molar-refractivity contribution in [2.75, 3.05) is 26.7 Å². The first-order valence-electron chi connectivity index (χ1n) is 4.99. The highest BCUT2D eigenvalue weighted by Crippen LogP contribution is 2.35. The molecule has 4 heteroatoms. The van der Waals surface area contributed by atoms with E-state index in [2.05, 4.69) is 10.6 Å². The van der Waals surface area contributed by atoms with Crippen molar-refractivity contribution < 1.29 is 4.79 Å². The van der Waals surface area contributed by atoms with Gasteiger partial charge < -0.3 is 15.5 Å². The molecular formula is C9H17N3O. The van der Waals surface area contributed by atoms with Gasteiger partial charge in [0.15, 0.2) is 0 Å². The van der Waals surface area contributed by atoms with Gasteiger partial charge in [-0.15, -0.1) is 0 Å². The molecule has 4 nitrogen and oxygen atoms in total. The van der Waals surface area contributed by atoms with Crippen molar-refractivity contribution in [2.24, 2.45) is 0 Å². The Morgan fingerprint density at radius 1 is 1.54 bits per heavy atom. The van der Waals surface area contributed by atoms with Gasteiger partial charge in [-0.25, -0.2) is 4.79 Å². The third-order valence-corrected chi connectivity index (χ3v) is 3.28. The lowest BCUT2D eigenvalue weighted by atomic mass is 9.79. The van der Waals surface area contributed by atoms with Crippen LogP contribution in [0.3, 0.4) is 0 Å². The lowest BCUT2D eigenvalue weighted by Gasteiger charge is -2.54. The summed E-state index contributed by atoms with van der Waals surface area (Å²) in [7, 11) is 1.70. The van der Waals surface area contributed by atoms with E-state index in [0.29, 0.717) is 0 Å². The zero-order valence-electron chi connectivity index (χ0n) is 8.10. The Hall–Kier alpha value is -0.770. The Kier molecular flexibility index (Phi) is 2.15. The number of nitrogens with one attached hydrogen (secondary N) is 2. The van der Waals surface area contributed by atoms with Gasteiger partial charge in [-0.3, -0.25) is 0 Å². The molecule has 2 amide bonds. The number of hydrogen-bond donors (Lipinski definition) is 2. The Bertz CT molecular complexity index is 211. The largest absolute Gasteiger partial charge is 0.341 e. The number of nitrogens with zero attached hydrogens (tertiary/aromatic N) is 1. The van der Waals surface area contributed by atoms with Crippen molar-refractivity contribution in [3.05, 3.63) is 0 Å². The first-order chi connectivity index (χ1) is 6.28. The van der Waals surface area contributed by atoms with E-state index in [1.54, 1.807) is 7.05 Å². The molecule has 2 saturated heterocycles. The van der Waals surface area contributed by atoms with Crippen molar-refractivity contribution in [1.29, 1.82) is 0 Å². The van der Waals surface area contributed by atoms with Crippen LogP contribution in [0.1, 0.15) is 19.3 Å². The molecule has 0 bridgehead atoms. The van der Waals surface area contributed by atoms with E-state index < -0.39 is 0 Å².